The van der Waals surface area contributed by atoms with Gasteiger partial charge in [0.15, 0.2) is 11.0 Å². The van der Waals surface area contributed by atoms with E-state index in [1.54, 1.807) is 11.3 Å². The van der Waals surface area contributed by atoms with E-state index in [4.69, 9.17) is 11.6 Å². The predicted molar refractivity (Wildman–Crippen MR) is 122 cm³/mol. The number of thioether (sulfide) groups is 1. The van der Waals surface area contributed by atoms with Gasteiger partial charge in [0.05, 0.1) is 5.75 Å². The Morgan fingerprint density at radius 2 is 2.00 bits per heavy atom. The molecule has 3 aromatic rings. The smallest absolute Gasteiger partial charge is 0.230 e. The molecule has 2 heterocycles. The molecule has 3 rings (SSSR count). The van der Waals surface area contributed by atoms with Gasteiger partial charge in [-0.15, -0.1) is 21.5 Å². The zero-order valence-electron chi connectivity index (χ0n) is 17.0. The molecule has 0 aliphatic heterocycles. The van der Waals surface area contributed by atoms with Crippen molar-refractivity contribution in [3.63, 3.8) is 0 Å². The molecular formula is C21H25ClN4OS2. The minimum absolute atomic E-state index is 0.0366. The number of halogens is 1. The highest BCUT2D eigenvalue weighted by Crippen LogP contribution is 2.34. The number of thiophene rings is 1. The van der Waals surface area contributed by atoms with E-state index in [0.717, 1.165) is 28.5 Å². The molecule has 5 nitrogen and oxygen atoms in total. The molecule has 1 N–H and O–H groups in total. The van der Waals surface area contributed by atoms with Gasteiger partial charge < -0.3 is 5.32 Å². The molecule has 0 radical (unpaired) electrons. The molecule has 1 aromatic carbocycles. The summed E-state index contributed by atoms with van der Waals surface area (Å²) in [5.41, 5.74) is 3.48. The van der Waals surface area contributed by atoms with Gasteiger partial charge in [-0.1, -0.05) is 42.4 Å². The number of hydrogen-bond acceptors (Lipinski definition) is 5. The van der Waals surface area contributed by atoms with Gasteiger partial charge in [-0.3, -0.25) is 9.36 Å². The molecule has 0 atom stereocenters. The van der Waals surface area contributed by atoms with Gasteiger partial charge in [0, 0.05) is 33.4 Å². The first-order valence-electron chi connectivity index (χ1n) is 9.56. The molecule has 8 heteroatoms. The summed E-state index contributed by atoms with van der Waals surface area (Å²) >= 11 is 9.05. The van der Waals surface area contributed by atoms with Crippen molar-refractivity contribution in [3.05, 3.63) is 50.7 Å². The summed E-state index contributed by atoms with van der Waals surface area (Å²) < 4.78 is 2.12. The lowest BCUT2D eigenvalue weighted by Crippen LogP contribution is -2.24. The molecule has 0 aliphatic carbocycles. The highest BCUT2D eigenvalue weighted by atomic mass is 35.5. The maximum absolute atomic E-state index is 12.3. The number of aryl methyl sites for hydroxylation is 1. The van der Waals surface area contributed by atoms with Crippen molar-refractivity contribution < 1.29 is 4.79 Å². The topological polar surface area (TPSA) is 59.8 Å². The molecule has 2 aromatic heterocycles. The number of amides is 1. The van der Waals surface area contributed by atoms with Crippen LogP contribution >= 0.6 is 34.7 Å². The lowest BCUT2D eigenvalue weighted by molar-refractivity contribution is -0.118. The van der Waals surface area contributed by atoms with Gasteiger partial charge >= 0.3 is 0 Å². The van der Waals surface area contributed by atoms with Crippen LogP contribution in [0.4, 0.5) is 0 Å². The lowest BCUT2D eigenvalue weighted by Gasteiger charge is -2.14. The molecule has 0 aliphatic rings. The number of hydrogen-bond donors (Lipinski definition) is 1. The lowest BCUT2D eigenvalue weighted by atomic mass is 10.1. The number of benzene rings is 1. The summed E-state index contributed by atoms with van der Waals surface area (Å²) in [7, 11) is 0. The summed E-state index contributed by atoms with van der Waals surface area (Å²) in [5, 5.41) is 15.4. The second-order valence-electron chi connectivity index (χ2n) is 7.00. The fourth-order valence-electron chi connectivity index (χ4n) is 3.11. The van der Waals surface area contributed by atoms with Crippen LogP contribution in [0.1, 0.15) is 42.8 Å². The molecule has 0 bridgehead atoms. The minimum atomic E-state index is -0.0366. The van der Waals surface area contributed by atoms with Crippen LogP contribution in [0.15, 0.2) is 34.8 Å². The van der Waals surface area contributed by atoms with Gasteiger partial charge in [-0.05, 0) is 50.5 Å². The molecule has 0 fully saturated rings. The Labute approximate surface area is 184 Å². The van der Waals surface area contributed by atoms with Crippen LogP contribution in [0.5, 0.6) is 0 Å². The molecular weight excluding hydrogens is 424 g/mol. The maximum atomic E-state index is 12.3. The quantitative estimate of drug-likeness (QED) is 0.461. The third-order valence-electron chi connectivity index (χ3n) is 4.61. The van der Waals surface area contributed by atoms with Gasteiger partial charge in [0.25, 0.3) is 0 Å². The monoisotopic (exact) mass is 448 g/mol. The summed E-state index contributed by atoms with van der Waals surface area (Å²) in [6.07, 6.45) is 0.963. The van der Waals surface area contributed by atoms with Crippen molar-refractivity contribution in [2.45, 2.75) is 51.9 Å². The highest BCUT2D eigenvalue weighted by molar-refractivity contribution is 7.99. The maximum Gasteiger partial charge on any atom is 0.230 e. The van der Waals surface area contributed by atoms with Crippen LogP contribution in [-0.4, -0.2) is 26.4 Å². The summed E-state index contributed by atoms with van der Waals surface area (Å²) in [6.45, 7) is 9.01. The van der Waals surface area contributed by atoms with Crippen LogP contribution < -0.4 is 5.32 Å². The van der Waals surface area contributed by atoms with Gasteiger partial charge in [0.1, 0.15) is 0 Å². The third-order valence-corrected chi connectivity index (χ3v) is 6.76. The number of nitrogens with one attached hydrogen (secondary N) is 1. The van der Waals surface area contributed by atoms with E-state index in [9.17, 15) is 4.79 Å². The minimum Gasteiger partial charge on any atom is -0.351 e. The van der Waals surface area contributed by atoms with Crippen molar-refractivity contribution in [2.75, 3.05) is 5.75 Å². The Kier molecular flexibility index (Phi) is 7.38. The SMILES string of the molecule is CCc1c(-c2nnc(SCC(=O)NCc3ccc(Cl)cc3)n2C(C)C)csc1C. The first-order valence-corrected chi connectivity index (χ1v) is 11.8. The van der Waals surface area contributed by atoms with E-state index in [1.165, 1.54) is 22.2 Å². The zero-order valence-corrected chi connectivity index (χ0v) is 19.4. The summed E-state index contributed by atoms with van der Waals surface area (Å²) in [5.74, 6) is 1.14. The first kappa shape index (κ1) is 21.9. The van der Waals surface area contributed by atoms with Crippen LogP contribution in [0.25, 0.3) is 11.4 Å². The second kappa shape index (κ2) is 9.78. The number of rotatable bonds is 8. The first-order chi connectivity index (χ1) is 13.9. The Morgan fingerprint density at radius 1 is 1.28 bits per heavy atom. The molecule has 154 valence electrons. The van der Waals surface area contributed by atoms with Gasteiger partial charge in [-0.25, -0.2) is 0 Å². The van der Waals surface area contributed by atoms with E-state index >= 15 is 0 Å². The Bertz CT molecular complexity index is 979. The number of aromatic nitrogens is 3. The standard InChI is InChI=1S/C21H25ClN4OS2/c1-5-17-14(4)28-11-18(17)20-24-25-21(26(20)13(2)3)29-12-19(27)23-10-15-6-8-16(22)9-7-15/h6-9,11,13H,5,10,12H2,1-4H3,(H,23,27). The van der Waals surface area contributed by atoms with Gasteiger partial charge in [-0.2, -0.15) is 0 Å². The summed E-state index contributed by atoms with van der Waals surface area (Å²) in [4.78, 5) is 13.6. The Hall–Kier alpha value is -1.83. The number of carbonyl (C=O) groups is 1. The van der Waals surface area contributed by atoms with Crippen molar-refractivity contribution in [1.82, 2.24) is 20.1 Å². The van der Waals surface area contributed by atoms with Crippen LogP contribution in [-0.2, 0) is 17.8 Å². The largest absolute Gasteiger partial charge is 0.351 e. The van der Waals surface area contributed by atoms with E-state index in [-0.39, 0.29) is 11.9 Å². The molecule has 0 saturated carbocycles. The summed E-state index contributed by atoms with van der Waals surface area (Å²) in [6, 6.07) is 7.66. The average Bonchev–Trinajstić information content (AvgIpc) is 3.28. The number of nitrogens with zero attached hydrogens (tertiary/aromatic N) is 3. The molecule has 29 heavy (non-hydrogen) atoms. The van der Waals surface area contributed by atoms with Crippen molar-refractivity contribution in [3.8, 4) is 11.4 Å². The van der Waals surface area contributed by atoms with E-state index in [0.29, 0.717) is 17.3 Å². The van der Waals surface area contributed by atoms with Crippen LogP contribution in [0, 0.1) is 6.92 Å². The second-order valence-corrected chi connectivity index (χ2v) is 9.46. The van der Waals surface area contributed by atoms with E-state index < -0.39 is 0 Å². The van der Waals surface area contributed by atoms with Crippen LogP contribution in [0.2, 0.25) is 5.02 Å². The molecule has 1 amide bonds. The average molecular weight is 449 g/mol. The van der Waals surface area contributed by atoms with Gasteiger partial charge in [0.2, 0.25) is 5.91 Å². The van der Waals surface area contributed by atoms with Crippen LogP contribution in [0.3, 0.4) is 0 Å². The van der Waals surface area contributed by atoms with E-state index in [1.807, 2.05) is 24.3 Å². The highest BCUT2D eigenvalue weighted by Gasteiger charge is 2.21. The van der Waals surface area contributed by atoms with Crippen molar-refractivity contribution >= 4 is 40.6 Å². The zero-order chi connectivity index (χ0) is 21.0. The predicted octanol–water partition coefficient (Wildman–Crippen LogP) is 5.52. The Morgan fingerprint density at radius 3 is 2.66 bits per heavy atom. The number of carbonyl (C=O) groups excluding carboxylic acids is 1. The third kappa shape index (κ3) is 5.21. The van der Waals surface area contributed by atoms with Crippen molar-refractivity contribution in [2.24, 2.45) is 0 Å². The van der Waals surface area contributed by atoms with Crippen molar-refractivity contribution in [1.29, 1.82) is 0 Å². The fourth-order valence-corrected chi connectivity index (χ4v) is 5.08. The Balaban J connectivity index is 1.68. The normalized spacial score (nSPS) is 11.2. The fraction of sp³-hybridized carbons (Fsp3) is 0.381. The van der Waals surface area contributed by atoms with E-state index in [2.05, 4.69) is 53.2 Å². The molecule has 0 saturated heterocycles. The molecule has 0 unspecified atom stereocenters. The molecule has 0 spiro atoms.